The van der Waals surface area contributed by atoms with E-state index in [0.29, 0.717) is 12.1 Å². The van der Waals surface area contributed by atoms with Crippen LogP contribution in [0.4, 0.5) is 11.4 Å². The van der Waals surface area contributed by atoms with Crippen LogP contribution in [0.1, 0.15) is 36.0 Å². The third kappa shape index (κ3) is 2.59. The average Bonchev–Trinajstić information content (AvgIpc) is 3.38. The van der Waals surface area contributed by atoms with Crippen LogP contribution in [0.15, 0.2) is 36.4 Å². The highest BCUT2D eigenvalue weighted by atomic mass is 16.5. The van der Waals surface area contributed by atoms with Gasteiger partial charge in [-0.05, 0) is 69.5 Å². The Morgan fingerprint density at radius 3 is 2.73 bits per heavy atom. The molecule has 3 aliphatic heterocycles. The summed E-state index contributed by atoms with van der Waals surface area (Å²) in [7, 11) is 1.61. The molecule has 0 unspecified atom stereocenters. The van der Waals surface area contributed by atoms with Crippen LogP contribution >= 0.6 is 0 Å². The molecule has 3 heterocycles. The van der Waals surface area contributed by atoms with Crippen LogP contribution in [0.25, 0.3) is 0 Å². The summed E-state index contributed by atoms with van der Waals surface area (Å²) in [6.07, 6.45) is 2.79. The number of anilines is 2. The van der Waals surface area contributed by atoms with Crippen molar-refractivity contribution in [3.63, 3.8) is 0 Å². The Morgan fingerprint density at radius 2 is 2.00 bits per heavy atom. The van der Waals surface area contributed by atoms with Crippen LogP contribution in [0.5, 0.6) is 5.75 Å². The second-order valence-corrected chi connectivity index (χ2v) is 8.72. The first-order valence-corrected chi connectivity index (χ1v) is 10.6. The summed E-state index contributed by atoms with van der Waals surface area (Å²) in [6.45, 7) is 4.91. The average molecular weight is 405 g/mol. The molecule has 0 saturated carbocycles. The molecule has 0 radical (unpaired) electrons. The molecule has 2 amide bonds. The molecule has 1 spiro atoms. The lowest BCUT2D eigenvalue weighted by atomic mass is 9.77. The Labute approximate surface area is 176 Å². The number of benzene rings is 2. The van der Waals surface area contributed by atoms with E-state index in [4.69, 9.17) is 4.74 Å². The van der Waals surface area contributed by atoms with Crippen LogP contribution in [-0.2, 0) is 15.1 Å². The van der Waals surface area contributed by atoms with Gasteiger partial charge in [-0.2, -0.15) is 0 Å². The lowest BCUT2D eigenvalue weighted by molar-refractivity contribution is -0.135. The second kappa shape index (κ2) is 6.84. The van der Waals surface area contributed by atoms with Crippen LogP contribution in [-0.4, -0.2) is 36.4 Å². The number of ether oxygens (including phenoxy) is 1. The van der Waals surface area contributed by atoms with Crippen molar-refractivity contribution in [2.24, 2.45) is 5.92 Å². The van der Waals surface area contributed by atoms with Crippen molar-refractivity contribution in [3.8, 4) is 5.75 Å². The van der Waals surface area contributed by atoms with E-state index >= 15 is 0 Å². The molecule has 0 bridgehead atoms. The number of amides is 2. The predicted molar refractivity (Wildman–Crippen MR) is 116 cm³/mol. The summed E-state index contributed by atoms with van der Waals surface area (Å²) in [5.74, 6) is 0.135. The Morgan fingerprint density at radius 1 is 1.23 bits per heavy atom. The van der Waals surface area contributed by atoms with Crippen molar-refractivity contribution in [1.29, 1.82) is 0 Å². The van der Waals surface area contributed by atoms with Gasteiger partial charge in [0.05, 0.1) is 13.0 Å². The first-order valence-electron chi connectivity index (χ1n) is 10.6. The van der Waals surface area contributed by atoms with Gasteiger partial charge in [-0.15, -0.1) is 0 Å². The molecule has 3 aliphatic rings. The summed E-state index contributed by atoms with van der Waals surface area (Å²) >= 11 is 0. The number of nitrogens with one attached hydrogen (secondary N) is 2. The first kappa shape index (κ1) is 19.1. The van der Waals surface area contributed by atoms with Gasteiger partial charge in [0.1, 0.15) is 11.3 Å². The van der Waals surface area contributed by atoms with Gasteiger partial charge in [0.15, 0.2) is 0 Å². The highest BCUT2D eigenvalue weighted by Gasteiger charge is 2.65. The van der Waals surface area contributed by atoms with Crippen molar-refractivity contribution in [3.05, 3.63) is 53.1 Å². The smallest absolute Gasteiger partial charge is 0.250 e. The summed E-state index contributed by atoms with van der Waals surface area (Å²) in [4.78, 5) is 29.4. The Hall–Kier alpha value is -2.86. The number of carbonyl (C=O) groups excluding carboxylic acids is 2. The third-order valence-corrected chi connectivity index (χ3v) is 6.99. The molecule has 2 aromatic rings. The van der Waals surface area contributed by atoms with Gasteiger partial charge in [0, 0.05) is 23.0 Å². The molecule has 6 nitrogen and oxygen atoms in total. The van der Waals surface area contributed by atoms with E-state index in [0.717, 1.165) is 47.5 Å². The van der Waals surface area contributed by atoms with Gasteiger partial charge in [-0.1, -0.05) is 17.7 Å². The number of hydrogen-bond acceptors (Lipinski definition) is 4. The van der Waals surface area contributed by atoms with Crippen LogP contribution in [0.3, 0.4) is 0 Å². The number of rotatable bonds is 3. The minimum absolute atomic E-state index is 0.0644. The van der Waals surface area contributed by atoms with Gasteiger partial charge in [-0.3, -0.25) is 14.5 Å². The summed E-state index contributed by atoms with van der Waals surface area (Å²) in [6, 6.07) is 11.7. The standard InChI is InChI=1S/C24H27N3O3/c1-14-11-15(2)21-19(12-14)24(23(29)26-21)20(13-17-5-4-10-27(17)24)22(28)25-16-6-8-18(30-3)9-7-16/h6-9,11-12,17,20H,4-5,10,13H2,1-3H3,(H,25,28)(H,26,29)/t17-,20-,24+/m1/s1. The molecule has 6 heteroatoms. The van der Waals surface area contributed by atoms with Crippen LogP contribution < -0.4 is 15.4 Å². The van der Waals surface area contributed by atoms with E-state index in [-0.39, 0.29) is 17.9 Å². The summed E-state index contributed by atoms with van der Waals surface area (Å²) < 4.78 is 5.20. The zero-order valence-electron chi connectivity index (χ0n) is 17.6. The maximum Gasteiger partial charge on any atom is 0.250 e. The SMILES string of the molecule is COc1ccc(NC(=O)[C@H]2C[C@H]3CCCN3[C@]23C(=O)Nc2c(C)cc(C)cc23)cc1. The normalized spacial score (nSPS) is 27.1. The molecule has 3 atom stereocenters. The quantitative estimate of drug-likeness (QED) is 0.819. The molecule has 2 fully saturated rings. The van der Waals surface area contributed by atoms with Crippen LogP contribution in [0, 0.1) is 19.8 Å². The Bertz CT molecular complexity index is 1030. The number of aryl methyl sites for hydroxylation is 2. The predicted octanol–water partition coefficient (Wildman–Crippen LogP) is 3.58. The minimum atomic E-state index is -0.927. The van der Waals surface area contributed by atoms with Gasteiger partial charge in [0.2, 0.25) is 11.8 Å². The number of hydrogen-bond donors (Lipinski definition) is 2. The molecule has 0 aliphatic carbocycles. The summed E-state index contributed by atoms with van der Waals surface area (Å²) in [5.41, 5.74) is 3.78. The van der Waals surface area contributed by atoms with E-state index in [1.807, 2.05) is 38.1 Å². The lowest BCUT2D eigenvalue weighted by Gasteiger charge is -2.36. The molecule has 30 heavy (non-hydrogen) atoms. The maximum atomic E-state index is 13.6. The van der Waals surface area contributed by atoms with Crippen molar-refractivity contribution in [2.45, 2.75) is 44.7 Å². The largest absolute Gasteiger partial charge is 0.497 e. The molecule has 5 rings (SSSR count). The van der Waals surface area contributed by atoms with E-state index in [9.17, 15) is 9.59 Å². The van der Waals surface area contributed by atoms with Gasteiger partial charge < -0.3 is 15.4 Å². The molecule has 156 valence electrons. The monoisotopic (exact) mass is 405 g/mol. The fourth-order valence-electron chi connectivity index (χ4n) is 5.78. The van der Waals surface area contributed by atoms with Gasteiger partial charge in [-0.25, -0.2) is 0 Å². The third-order valence-electron chi connectivity index (χ3n) is 6.99. The maximum absolute atomic E-state index is 13.6. The van der Waals surface area contributed by atoms with Gasteiger partial charge in [0.25, 0.3) is 0 Å². The van der Waals surface area contributed by atoms with Crippen LogP contribution in [0.2, 0.25) is 0 Å². The molecule has 0 aromatic heterocycles. The van der Waals surface area contributed by atoms with E-state index in [1.54, 1.807) is 7.11 Å². The number of methoxy groups -OCH3 is 1. The van der Waals surface area contributed by atoms with E-state index < -0.39 is 11.5 Å². The fraction of sp³-hybridized carbons (Fsp3) is 0.417. The minimum Gasteiger partial charge on any atom is -0.497 e. The zero-order chi connectivity index (χ0) is 21.0. The van der Waals surface area contributed by atoms with Crippen molar-refractivity contribution >= 4 is 23.2 Å². The highest BCUT2D eigenvalue weighted by Crippen LogP contribution is 2.56. The second-order valence-electron chi connectivity index (χ2n) is 8.72. The van der Waals surface area contributed by atoms with E-state index in [2.05, 4.69) is 27.7 Å². The molecular formula is C24H27N3O3. The Kier molecular flexibility index (Phi) is 4.36. The Balaban J connectivity index is 1.57. The molecule has 2 saturated heterocycles. The first-order chi connectivity index (χ1) is 14.4. The van der Waals surface area contributed by atoms with Crippen molar-refractivity contribution < 1.29 is 14.3 Å². The molecular weight excluding hydrogens is 378 g/mol. The fourth-order valence-corrected chi connectivity index (χ4v) is 5.78. The topological polar surface area (TPSA) is 70.7 Å². The number of fused-ring (bicyclic) bond motifs is 4. The lowest BCUT2D eigenvalue weighted by Crippen LogP contribution is -2.53. The number of nitrogens with zero attached hydrogens (tertiary/aromatic N) is 1. The molecule has 2 aromatic carbocycles. The highest BCUT2D eigenvalue weighted by molar-refractivity contribution is 6.11. The summed E-state index contributed by atoms with van der Waals surface area (Å²) in [5, 5.41) is 6.18. The van der Waals surface area contributed by atoms with Gasteiger partial charge >= 0.3 is 0 Å². The van der Waals surface area contributed by atoms with Crippen molar-refractivity contribution in [1.82, 2.24) is 4.90 Å². The van der Waals surface area contributed by atoms with E-state index in [1.165, 1.54) is 0 Å². The number of carbonyl (C=O) groups is 2. The van der Waals surface area contributed by atoms with Crippen molar-refractivity contribution in [2.75, 3.05) is 24.3 Å². The zero-order valence-corrected chi connectivity index (χ0v) is 17.6. The molecule has 2 N–H and O–H groups in total.